The van der Waals surface area contributed by atoms with Gasteiger partial charge in [-0.2, -0.15) is 0 Å². The van der Waals surface area contributed by atoms with Crippen LogP contribution in [0.3, 0.4) is 0 Å². The first-order valence-electron chi connectivity index (χ1n) is 7.34. The van der Waals surface area contributed by atoms with Crippen LogP contribution in [0.5, 0.6) is 0 Å². The summed E-state index contributed by atoms with van der Waals surface area (Å²) < 4.78 is 0. The van der Waals surface area contributed by atoms with Gasteiger partial charge in [0.15, 0.2) is 0 Å². The van der Waals surface area contributed by atoms with Gasteiger partial charge in [-0.15, -0.1) is 0 Å². The highest BCUT2D eigenvalue weighted by Crippen LogP contribution is 2.26. The number of hydrogen-bond donors (Lipinski definition) is 1. The predicted molar refractivity (Wildman–Crippen MR) is 81.1 cm³/mol. The molecule has 0 spiro atoms. The Hall–Kier alpha value is -2.04. The van der Waals surface area contributed by atoms with Crippen LogP contribution in [0.2, 0.25) is 0 Å². The van der Waals surface area contributed by atoms with Gasteiger partial charge in [-0.1, -0.05) is 11.2 Å². The van der Waals surface area contributed by atoms with Gasteiger partial charge < -0.3 is 5.32 Å². The van der Waals surface area contributed by atoms with E-state index in [9.17, 15) is 4.79 Å². The quantitative estimate of drug-likeness (QED) is 0.526. The van der Waals surface area contributed by atoms with Crippen molar-refractivity contribution in [2.45, 2.75) is 37.8 Å². The molecular formula is C15H19N5O. The summed E-state index contributed by atoms with van der Waals surface area (Å²) in [6.07, 6.45) is 4.02. The second-order valence-electron chi connectivity index (χ2n) is 5.88. The fourth-order valence-corrected chi connectivity index (χ4v) is 3.31. The van der Waals surface area contributed by atoms with Gasteiger partial charge in [0.05, 0.1) is 12.1 Å². The minimum absolute atomic E-state index is 0.0221. The summed E-state index contributed by atoms with van der Waals surface area (Å²) in [4.78, 5) is 17.2. The minimum atomic E-state index is -0.228. The Kier molecular flexibility index (Phi) is 3.82. The second-order valence-corrected chi connectivity index (χ2v) is 5.88. The van der Waals surface area contributed by atoms with Gasteiger partial charge in [0.25, 0.3) is 0 Å². The van der Waals surface area contributed by atoms with Crippen LogP contribution in [0.25, 0.3) is 10.4 Å². The third kappa shape index (κ3) is 2.86. The summed E-state index contributed by atoms with van der Waals surface area (Å²) in [6, 6.07) is 5.82. The van der Waals surface area contributed by atoms with Crippen LogP contribution >= 0.6 is 0 Å². The third-order valence-corrected chi connectivity index (χ3v) is 4.41. The van der Waals surface area contributed by atoms with E-state index in [0.717, 1.165) is 18.5 Å². The van der Waals surface area contributed by atoms with E-state index in [1.165, 1.54) is 17.5 Å². The maximum absolute atomic E-state index is 12.4. The average Bonchev–Trinajstić information content (AvgIpc) is 3.05. The van der Waals surface area contributed by atoms with E-state index in [-0.39, 0.29) is 18.0 Å². The number of azide groups is 1. The summed E-state index contributed by atoms with van der Waals surface area (Å²) in [5, 5.41) is 6.71. The first-order chi connectivity index (χ1) is 10.2. The molecule has 1 aliphatic heterocycles. The summed E-state index contributed by atoms with van der Waals surface area (Å²) in [5.41, 5.74) is 12.1. The molecular weight excluding hydrogens is 266 g/mol. The number of benzene rings is 1. The van der Waals surface area contributed by atoms with E-state index < -0.39 is 0 Å². The Balaban J connectivity index is 1.67. The summed E-state index contributed by atoms with van der Waals surface area (Å²) >= 11 is 0. The average molecular weight is 285 g/mol. The molecule has 2 atom stereocenters. The van der Waals surface area contributed by atoms with Crippen LogP contribution < -0.4 is 5.32 Å². The summed E-state index contributed by atoms with van der Waals surface area (Å²) in [6.45, 7) is 0.631. The minimum Gasteiger partial charge on any atom is -0.325 e. The Labute approximate surface area is 123 Å². The zero-order valence-electron chi connectivity index (χ0n) is 12.1. The van der Waals surface area contributed by atoms with E-state index in [4.69, 9.17) is 5.53 Å². The third-order valence-electron chi connectivity index (χ3n) is 4.41. The molecule has 2 unspecified atom stereocenters. The second kappa shape index (κ2) is 5.76. The van der Waals surface area contributed by atoms with Crippen molar-refractivity contribution < 1.29 is 4.79 Å². The molecule has 0 radical (unpaired) electrons. The Morgan fingerprint density at radius 2 is 2.24 bits per heavy atom. The molecule has 1 aromatic rings. The van der Waals surface area contributed by atoms with Crippen molar-refractivity contribution in [3.63, 3.8) is 0 Å². The number of nitrogens with zero attached hydrogens (tertiary/aromatic N) is 4. The highest BCUT2D eigenvalue weighted by Gasteiger charge is 2.34. The summed E-state index contributed by atoms with van der Waals surface area (Å²) in [5.74, 6) is -0.0221. The molecule has 0 aromatic heterocycles. The van der Waals surface area contributed by atoms with Gasteiger partial charge in [0.2, 0.25) is 5.91 Å². The number of nitrogens with one attached hydrogen (secondary N) is 1. The smallest absolute Gasteiger partial charge is 0.241 e. The Bertz CT molecular complexity index is 608. The summed E-state index contributed by atoms with van der Waals surface area (Å²) in [7, 11) is 1.89. The van der Waals surface area contributed by atoms with Gasteiger partial charge in [-0.05, 0) is 61.5 Å². The highest BCUT2D eigenvalue weighted by molar-refractivity contribution is 5.95. The van der Waals surface area contributed by atoms with Gasteiger partial charge in [0.1, 0.15) is 0 Å². The van der Waals surface area contributed by atoms with Crippen LogP contribution in [0, 0.1) is 0 Å². The number of aryl methyl sites for hydroxylation is 2. The molecule has 1 saturated heterocycles. The SMILES string of the molecule is CN1CC(N=[N+]=[N-])CC1C(=O)Nc1ccc2c(c1)CCC2. The lowest BCUT2D eigenvalue weighted by molar-refractivity contribution is -0.119. The molecule has 0 bridgehead atoms. The van der Waals surface area contributed by atoms with E-state index >= 15 is 0 Å². The predicted octanol–water partition coefficient (Wildman–Crippen LogP) is 2.50. The van der Waals surface area contributed by atoms with E-state index in [0.29, 0.717) is 13.0 Å². The number of fused-ring (bicyclic) bond motifs is 1. The largest absolute Gasteiger partial charge is 0.325 e. The molecule has 1 aromatic carbocycles. The van der Waals surface area contributed by atoms with Crippen LogP contribution in [0.1, 0.15) is 24.0 Å². The number of hydrogen-bond acceptors (Lipinski definition) is 3. The maximum Gasteiger partial charge on any atom is 0.241 e. The molecule has 1 fully saturated rings. The lowest BCUT2D eigenvalue weighted by atomic mass is 10.1. The first-order valence-corrected chi connectivity index (χ1v) is 7.34. The molecule has 1 N–H and O–H groups in total. The molecule has 1 aliphatic carbocycles. The fraction of sp³-hybridized carbons (Fsp3) is 0.533. The number of carbonyl (C=O) groups excluding carboxylic acids is 1. The number of likely N-dealkylation sites (tertiary alicyclic amines) is 1. The lowest BCUT2D eigenvalue weighted by Crippen LogP contribution is -2.37. The molecule has 3 rings (SSSR count). The van der Waals surface area contributed by atoms with Crippen LogP contribution in [0.4, 0.5) is 5.69 Å². The molecule has 6 heteroatoms. The standard InChI is InChI=1S/C15H19N5O/c1-20-9-13(18-19-16)8-14(20)15(21)17-12-6-5-10-3-2-4-11(10)7-12/h5-7,13-14H,2-4,8-9H2,1H3,(H,17,21). The fourth-order valence-electron chi connectivity index (χ4n) is 3.31. The lowest BCUT2D eigenvalue weighted by Gasteiger charge is -2.18. The van der Waals surface area contributed by atoms with E-state index in [2.05, 4.69) is 27.5 Å². The van der Waals surface area contributed by atoms with Crippen molar-refractivity contribution in [3.8, 4) is 0 Å². The molecule has 21 heavy (non-hydrogen) atoms. The number of rotatable bonds is 3. The number of amides is 1. The van der Waals surface area contributed by atoms with Gasteiger partial charge in [0, 0.05) is 17.1 Å². The zero-order chi connectivity index (χ0) is 14.8. The highest BCUT2D eigenvalue weighted by atomic mass is 16.2. The molecule has 1 heterocycles. The van der Waals surface area contributed by atoms with Gasteiger partial charge in [-0.3, -0.25) is 9.69 Å². The maximum atomic E-state index is 12.4. The van der Waals surface area contributed by atoms with Crippen molar-refractivity contribution in [3.05, 3.63) is 39.8 Å². The topological polar surface area (TPSA) is 81.1 Å². The zero-order valence-corrected chi connectivity index (χ0v) is 12.1. The molecule has 0 saturated carbocycles. The van der Waals surface area contributed by atoms with Gasteiger partial charge in [-0.25, -0.2) is 0 Å². The number of anilines is 1. The molecule has 6 nitrogen and oxygen atoms in total. The van der Waals surface area contributed by atoms with Crippen LogP contribution in [0.15, 0.2) is 23.3 Å². The molecule has 110 valence electrons. The normalized spacial score (nSPS) is 24.4. The Morgan fingerprint density at radius 3 is 3.05 bits per heavy atom. The van der Waals surface area contributed by atoms with Crippen molar-refractivity contribution >= 4 is 11.6 Å². The van der Waals surface area contributed by atoms with Crippen LogP contribution in [-0.4, -0.2) is 36.5 Å². The van der Waals surface area contributed by atoms with Crippen molar-refractivity contribution in [2.24, 2.45) is 5.11 Å². The van der Waals surface area contributed by atoms with Crippen molar-refractivity contribution in [1.29, 1.82) is 0 Å². The van der Waals surface area contributed by atoms with Crippen LogP contribution in [-0.2, 0) is 17.6 Å². The van der Waals surface area contributed by atoms with E-state index in [1.54, 1.807) is 0 Å². The Morgan fingerprint density at radius 1 is 1.43 bits per heavy atom. The molecule has 1 amide bonds. The monoisotopic (exact) mass is 285 g/mol. The molecule has 2 aliphatic rings. The number of carbonyl (C=O) groups is 1. The van der Waals surface area contributed by atoms with E-state index in [1.807, 2.05) is 18.0 Å². The first kappa shape index (κ1) is 13.9. The van der Waals surface area contributed by atoms with Crippen molar-refractivity contribution in [1.82, 2.24) is 4.90 Å². The van der Waals surface area contributed by atoms with Gasteiger partial charge >= 0.3 is 0 Å². The number of likely N-dealkylation sites (N-methyl/N-ethyl adjacent to an activating group) is 1. The van der Waals surface area contributed by atoms with Crippen molar-refractivity contribution in [2.75, 3.05) is 18.9 Å².